The van der Waals surface area contributed by atoms with Crippen molar-refractivity contribution in [2.75, 3.05) is 0 Å². The van der Waals surface area contributed by atoms with Crippen molar-refractivity contribution in [2.45, 2.75) is 56.2 Å². The molecule has 0 radical (unpaired) electrons. The SMILES string of the molecule is Cl.OC12CC3CC(C1)CC(NCc1cccnc1)(C3)C2. The van der Waals surface area contributed by atoms with E-state index in [0.29, 0.717) is 0 Å². The smallest absolute Gasteiger partial charge is 0.0670 e. The summed E-state index contributed by atoms with van der Waals surface area (Å²) in [6.45, 7) is 0.878. The highest BCUT2D eigenvalue weighted by molar-refractivity contribution is 5.85. The maximum absolute atomic E-state index is 10.7. The van der Waals surface area contributed by atoms with Crippen LogP contribution in [0.1, 0.15) is 44.1 Å². The first-order valence-corrected chi connectivity index (χ1v) is 7.51. The van der Waals surface area contributed by atoms with Gasteiger partial charge in [-0.25, -0.2) is 0 Å². The molecule has 0 aromatic carbocycles. The van der Waals surface area contributed by atoms with Crippen molar-refractivity contribution in [3.05, 3.63) is 30.1 Å². The van der Waals surface area contributed by atoms with Crippen LogP contribution in [0.4, 0.5) is 0 Å². The van der Waals surface area contributed by atoms with Gasteiger partial charge >= 0.3 is 0 Å². The number of halogens is 1. The van der Waals surface area contributed by atoms with Crippen LogP contribution in [0.3, 0.4) is 0 Å². The maximum Gasteiger partial charge on any atom is 0.0670 e. The Morgan fingerprint density at radius 2 is 2.00 bits per heavy atom. The summed E-state index contributed by atoms with van der Waals surface area (Å²) in [6, 6.07) is 4.11. The van der Waals surface area contributed by atoms with E-state index in [9.17, 15) is 5.11 Å². The van der Waals surface area contributed by atoms with Gasteiger partial charge in [-0.2, -0.15) is 0 Å². The van der Waals surface area contributed by atoms with Gasteiger partial charge in [-0.3, -0.25) is 4.98 Å². The zero-order valence-electron chi connectivity index (χ0n) is 11.7. The molecule has 1 aromatic heterocycles. The molecule has 4 aliphatic rings. The Labute approximate surface area is 126 Å². The first-order valence-electron chi connectivity index (χ1n) is 7.51. The standard InChI is InChI=1S/C16H22N2O.ClH/c19-16-7-13-4-14(8-16)6-15(5-13,11-16)18-10-12-2-1-3-17-9-12;/h1-3,9,13-14,18-19H,4-8,10-11H2;1H. The van der Waals surface area contributed by atoms with Crippen LogP contribution in [-0.4, -0.2) is 21.2 Å². The lowest BCUT2D eigenvalue weighted by Crippen LogP contribution is -2.64. The summed E-state index contributed by atoms with van der Waals surface area (Å²) in [6.07, 6.45) is 10.6. The Bertz CT molecular complexity index is 465. The van der Waals surface area contributed by atoms with E-state index in [4.69, 9.17) is 0 Å². The lowest BCUT2D eigenvalue weighted by Gasteiger charge is -2.60. The van der Waals surface area contributed by atoms with Crippen LogP contribution in [0.15, 0.2) is 24.5 Å². The van der Waals surface area contributed by atoms with Crippen LogP contribution in [0.2, 0.25) is 0 Å². The monoisotopic (exact) mass is 294 g/mol. The van der Waals surface area contributed by atoms with Gasteiger partial charge in [0.15, 0.2) is 0 Å². The first-order chi connectivity index (χ1) is 9.15. The molecule has 0 aliphatic heterocycles. The van der Waals surface area contributed by atoms with Crippen molar-refractivity contribution in [3.63, 3.8) is 0 Å². The molecule has 2 unspecified atom stereocenters. The zero-order chi connectivity index (χ0) is 12.9. The second-order valence-electron chi connectivity index (χ2n) is 7.18. The third-order valence-electron chi connectivity index (χ3n) is 5.42. The van der Waals surface area contributed by atoms with Crippen LogP contribution >= 0.6 is 12.4 Å². The molecule has 0 spiro atoms. The molecule has 110 valence electrons. The molecule has 2 atom stereocenters. The van der Waals surface area contributed by atoms with E-state index < -0.39 is 0 Å². The zero-order valence-corrected chi connectivity index (χ0v) is 12.5. The highest BCUT2D eigenvalue weighted by Crippen LogP contribution is 2.57. The molecule has 4 fully saturated rings. The molecule has 20 heavy (non-hydrogen) atoms. The number of aliphatic hydroxyl groups is 1. The number of nitrogens with zero attached hydrogens (tertiary/aromatic N) is 1. The van der Waals surface area contributed by atoms with Gasteiger partial charge in [0.25, 0.3) is 0 Å². The van der Waals surface area contributed by atoms with Gasteiger partial charge in [0, 0.05) is 24.5 Å². The van der Waals surface area contributed by atoms with Gasteiger partial charge in [-0.05, 0) is 62.0 Å². The van der Waals surface area contributed by atoms with Crippen molar-refractivity contribution in [2.24, 2.45) is 11.8 Å². The van der Waals surface area contributed by atoms with E-state index in [1.807, 2.05) is 18.5 Å². The van der Waals surface area contributed by atoms with E-state index in [1.165, 1.54) is 24.8 Å². The minimum atomic E-state index is -0.369. The number of nitrogens with one attached hydrogen (secondary N) is 1. The molecule has 4 aliphatic carbocycles. The minimum absolute atomic E-state index is 0. The van der Waals surface area contributed by atoms with Gasteiger partial charge < -0.3 is 10.4 Å². The fourth-order valence-corrected chi connectivity index (χ4v) is 5.21. The number of aromatic nitrogens is 1. The van der Waals surface area contributed by atoms with Crippen molar-refractivity contribution < 1.29 is 5.11 Å². The molecular weight excluding hydrogens is 272 g/mol. The lowest BCUT2D eigenvalue weighted by atomic mass is 9.51. The molecule has 1 aromatic rings. The molecule has 0 saturated heterocycles. The fraction of sp³-hybridized carbons (Fsp3) is 0.688. The second-order valence-corrected chi connectivity index (χ2v) is 7.18. The summed E-state index contributed by atoms with van der Waals surface area (Å²) in [5, 5.41) is 14.5. The Morgan fingerprint density at radius 1 is 1.25 bits per heavy atom. The largest absolute Gasteiger partial charge is 0.390 e. The normalized spacial score (nSPS) is 41.5. The Hall–Kier alpha value is -0.640. The highest BCUT2D eigenvalue weighted by atomic mass is 35.5. The Kier molecular flexibility index (Phi) is 3.56. The number of rotatable bonds is 3. The summed E-state index contributed by atoms with van der Waals surface area (Å²) in [4.78, 5) is 4.17. The third-order valence-corrected chi connectivity index (χ3v) is 5.42. The second kappa shape index (κ2) is 4.97. The fourth-order valence-electron chi connectivity index (χ4n) is 5.21. The molecule has 4 heteroatoms. The van der Waals surface area contributed by atoms with Gasteiger partial charge in [-0.15, -0.1) is 12.4 Å². The number of hydrogen-bond acceptors (Lipinski definition) is 3. The molecule has 4 bridgehead atoms. The van der Waals surface area contributed by atoms with Crippen LogP contribution < -0.4 is 5.32 Å². The van der Waals surface area contributed by atoms with E-state index in [-0.39, 0.29) is 23.5 Å². The topological polar surface area (TPSA) is 45.1 Å². The molecule has 1 heterocycles. The average Bonchev–Trinajstić information content (AvgIpc) is 2.35. The first kappa shape index (κ1) is 14.3. The van der Waals surface area contributed by atoms with Crippen molar-refractivity contribution in [1.29, 1.82) is 0 Å². The van der Waals surface area contributed by atoms with Crippen LogP contribution in [-0.2, 0) is 6.54 Å². The molecule has 3 nitrogen and oxygen atoms in total. The van der Waals surface area contributed by atoms with E-state index >= 15 is 0 Å². The predicted molar refractivity (Wildman–Crippen MR) is 80.7 cm³/mol. The summed E-state index contributed by atoms with van der Waals surface area (Å²) < 4.78 is 0. The maximum atomic E-state index is 10.7. The number of pyridine rings is 1. The van der Waals surface area contributed by atoms with Gasteiger partial charge in [0.05, 0.1) is 5.60 Å². The summed E-state index contributed by atoms with van der Waals surface area (Å²) in [5.41, 5.74) is 1.06. The van der Waals surface area contributed by atoms with Gasteiger partial charge in [-0.1, -0.05) is 6.07 Å². The van der Waals surface area contributed by atoms with E-state index in [2.05, 4.69) is 16.4 Å². The minimum Gasteiger partial charge on any atom is -0.390 e. The molecular formula is C16H23ClN2O. The van der Waals surface area contributed by atoms with Gasteiger partial charge in [0.2, 0.25) is 0 Å². The molecule has 4 saturated carbocycles. The molecule has 5 rings (SSSR count). The molecule has 0 amide bonds. The summed E-state index contributed by atoms with van der Waals surface area (Å²) in [7, 11) is 0. The van der Waals surface area contributed by atoms with E-state index in [1.54, 1.807) is 0 Å². The Morgan fingerprint density at radius 3 is 2.60 bits per heavy atom. The number of hydrogen-bond donors (Lipinski definition) is 2. The quantitative estimate of drug-likeness (QED) is 0.901. The van der Waals surface area contributed by atoms with Crippen molar-refractivity contribution >= 4 is 12.4 Å². The van der Waals surface area contributed by atoms with Crippen molar-refractivity contribution in [1.82, 2.24) is 10.3 Å². The van der Waals surface area contributed by atoms with Crippen LogP contribution in [0, 0.1) is 11.8 Å². The summed E-state index contributed by atoms with van der Waals surface area (Å²) in [5.74, 6) is 1.49. The van der Waals surface area contributed by atoms with Gasteiger partial charge in [0.1, 0.15) is 0 Å². The molecule has 2 N–H and O–H groups in total. The highest BCUT2D eigenvalue weighted by Gasteiger charge is 2.56. The summed E-state index contributed by atoms with van der Waals surface area (Å²) >= 11 is 0. The van der Waals surface area contributed by atoms with Crippen molar-refractivity contribution in [3.8, 4) is 0 Å². The lowest BCUT2D eigenvalue weighted by molar-refractivity contribution is -0.142. The van der Waals surface area contributed by atoms with Crippen LogP contribution in [0.25, 0.3) is 0 Å². The average molecular weight is 295 g/mol. The van der Waals surface area contributed by atoms with Crippen LogP contribution in [0.5, 0.6) is 0 Å². The Balaban J connectivity index is 0.00000121. The van der Waals surface area contributed by atoms with E-state index in [0.717, 1.165) is 37.6 Å². The third kappa shape index (κ3) is 2.47. The predicted octanol–water partition coefficient (Wildman–Crippen LogP) is 2.68.